The van der Waals surface area contributed by atoms with Crippen LogP contribution in [0.15, 0.2) is 24.3 Å². The first kappa shape index (κ1) is 9.21. The van der Waals surface area contributed by atoms with Crippen molar-refractivity contribution in [2.24, 2.45) is 0 Å². The molecule has 0 bridgehead atoms. The third-order valence-electron chi connectivity index (χ3n) is 2.53. The Kier molecular flexibility index (Phi) is 2.50. The van der Waals surface area contributed by atoms with Gasteiger partial charge in [0.25, 0.3) is 0 Å². The van der Waals surface area contributed by atoms with Gasteiger partial charge in [-0.2, -0.15) is 0 Å². The summed E-state index contributed by atoms with van der Waals surface area (Å²) in [6, 6.07) is 8.14. The highest BCUT2D eigenvalue weighted by atomic mass is 16.2. The summed E-state index contributed by atoms with van der Waals surface area (Å²) in [4.78, 5) is 11.5. The molecule has 1 fully saturated rings. The minimum absolute atomic E-state index is 0.0103. The minimum Gasteiger partial charge on any atom is -0.291 e. The van der Waals surface area contributed by atoms with Crippen LogP contribution in [0.1, 0.15) is 23.5 Å². The molecule has 0 radical (unpaired) electrons. The third-order valence-corrected chi connectivity index (χ3v) is 2.53. The largest absolute Gasteiger partial charge is 0.291 e. The molecular formula is C11H14N2O. The molecule has 2 rings (SSSR count). The van der Waals surface area contributed by atoms with Crippen LogP contribution in [0.2, 0.25) is 0 Å². The zero-order valence-electron chi connectivity index (χ0n) is 8.21. The van der Waals surface area contributed by atoms with Crippen molar-refractivity contribution in [1.82, 2.24) is 10.9 Å². The summed E-state index contributed by atoms with van der Waals surface area (Å²) in [7, 11) is 0. The molecule has 3 nitrogen and oxygen atoms in total. The van der Waals surface area contributed by atoms with Crippen LogP contribution in [0.3, 0.4) is 0 Å². The number of nitrogens with one attached hydrogen (secondary N) is 2. The Morgan fingerprint density at radius 2 is 2.29 bits per heavy atom. The van der Waals surface area contributed by atoms with E-state index in [9.17, 15) is 4.79 Å². The van der Waals surface area contributed by atoms with E-state index >= 15 is 0 Å². The Labute approximate surface area is 83.5 Å². The zero-order valence-corrected chi connectivity index (χ0v) is 8.21. The van der Waals surface area contributed by atoms with Gasteiger partial charge >= 0.3 is 0 Å². The number of hydrogen-bond acceptors (Lipinski definition) is 2. The first-order chi connectivity index (χ1) is 6.77. The van der Waals surface area contributed by atoms with Gasteiger partial charge in [-0.15, -0.1) is 0 Å². The van der Waals surface area contributed by atoms with Crippen LogP contribution >= 0.6 is 0 Å². The van der Waals surface area contributed by atoms with Crippen molar-refractivity contribution in [2.75, 3.05) is 6.54 Å². The lowest BCUT2D eigenvalue weighted by Crippen LogP contribution is -2.46. The maximum Gasteiger partial charge on any atom is 0.241 e. The number of hydrogen-bond donors (Lipinski definition) is 2. The molecule has 3 heteroatoms. The van der Waals surface area contributed by atoms with Gasteiger partial charge in [0, 0.05) is 6.54 Å². The number of hydrazine groups is 1. The molecule has 1 saturated heterocycles. The van der Waals surface area contributed by atoms with Gasteiger partial charge in [-0.1, -0.05) is 29.8 Å². The molecule has 0 aliphatic carbocycles. The normalized spacial score (nSPS) is 21.8. The summed E-state index contributed by atoms with van der Waals surface area (Å²) in [6.45, 7) is 2.88. The Balaban J connectivity index is 2.24. The monoisotopic (exact) mass is 190 g/mol. The Bertz CT molecular complexity index is 349. The van der Waals surface area contributed by atoms with E-state index in [0.29, 0.717) is 0 Å². The van der Waals surface area contributed by atoms with Gasteiger partial charge in [0.2, 0.25) is 5.91 Å². The Morgan fingerprint density at radius 3 is 3.00 bits per heavy atom. The summed E-state index contributed by atoms with van der Waals surface area (Å²) in [5.41, 5.74) is 7.83. The topological polar surface area (TPSA) is 41.1 Å². The highest BCUT2D eigenvalue weighted by molar-refractivity contribution is 5.83. The molecule has 1 amide bonds. The number of benzene rings is 1. The molecule has 2 N–H and O–H groups in total. The molecule has 14 heavy (non-hydrogen) atoms. The van der Waals surface area contributed by atoms with Crippen molar-refractivity contribution in [1.29, 1.82) is 0 Å². The lowest BCUT2D eigenvalue weighted by molar-refractivity contribution is -0.125. The number of aryl methyl sites for hydroxylation is 1. The molecule has 0 saturated carbocycles. The van der Waals surface area contributed by atoms with Crippen molar-refractivity contribution >= 4 is 5.91 Å². The molecule has 1 aromatic carbocycles. The van der Waals surface area contributed by atoms with E-state index in [1.165, 1.54) is 5.56 Å². The molecule has 1 aromatic rings. The summed E-state index contributed by atoms with van der Waals surface area (Å²) < 4.78 is 0. The predicted molar refractivity (Wildman–Crippen MR) is 54.7 cm³/mol. The second kappa shape index (κ2) is 3.80. The van der Waals surface area contributed by atoms with Gasteiger partial charge in [-0.05, 0) is 18.9 Å². The smallest absolute Gasteiger partial charge is 0.241 e. The van der Waals surface area contributed by atoms with Crippen LogP contribution in [-0.2, 0) is 4.79 Å². The molecule has 1 atom stereocenters. The molecule has 1 aliphatic heterocycles. The SMILES string of the molecule is Cc1cccc(C2CCNNC2=O)c1. The average Bonchev–Trinajstić information content (AvgIpc) is 2.18. The lowest BCUT2D eigenvalue weighted by atomic mass is 9.93. The van der Waals surface area contributed by atoms with Crippen molar-refractivity contribution in [2.45, 2.75) is 19.3 Å². The third kappa shape index (κ3) is 1.77. The van der Waals surface area contributed by atoms with Crippen LogP contribution in [0, 0.1) is 6.92 Å². The molecule has 1 aliphatic rings. The molecule has 1 unspecified atom stereocenters. The van der Waals surface area contributed by atoms with Crippen LogP contribution in [0.5, 0.6) is 0 Å². The molecule has 0 aromatic heterocycles. The van der Waals surface area contributed by atoms with E-state index < -0.39 is 0 Å². The van der Waals surface area contributed by atoms with Gasteiger partial charge in [-0.3, -0.25) is 10.2 Å². The number of rotatable bonds is 1. The standard InChI is InChI=1S/C11H14N2O/c1-8-3-2-4-9(7-8)10-5-6-12-13-11(10)14/h2-4,7,10,12H,5-6H2,1H3,(H,13,14). The highest BCUT2D eigenvalue weighted by Gasteiger charge is 2.23. The first-order valence-corrected chi connectivity index (χ1v) is 4.86. The quantitative estimate of drug-likeness (QED) is 0.696. The minimum atomic E-state index is 0.0103. The molecule has 0 spiro atoms. The fraction of sp³-hybridized carbons (Fsp3) is 0.364. The van der Waals surface area contributed by atoms with Gasteiger partial charge in [0.05, 0.1) is 5.92 Å². The number of amides is 1. The van der Waals surface area contributed by atoms with Crippen LogP contribution in [0.25, 0.3) is 0 Å². The van der Waals surface area contributed by atoms with E-state index in [1.54, 1.807) is 0 Å². The van der Waals surface area contributed by atoms with Crippen LogP contribution in [0.4, 0.5) is 0 Å². The first-order valence-electron chi connectivity index (χ1n) is 4.86. The van der Waals surface area contributed by atoms with Crippen LogP contribution in [-0.4, -0.2) is 12.5 Å². The maximum atomic E-state index is 11.5. The van der Waals surface area contributed by atoms with Gasteiger partial charge in [0.1, 0.15) is 0 Å². The second-order valence-corrected chi connectivity index (χ2v) is 3.67. The highest BCUT2D eigenvalue weighted by Crippen LogP contribution is 2.21. The summed E-state index contributed by atoms with van der Waals surface area (Å²) in [6.07, 6.45) is 0.870. The Hall–Kier alpha value is -1.35. The summed E-state index contributed by atoms with van der Waals surface area (Å²) in [5, 5.41) is 0. The van der Waals surface area contributed by atoms with Crippen molar-refractivity contribution < 1.29 is 4.79 Å². The Morgan fingerprint density at radius 1 is 1.43 bits per heavy atom. The van der Waals surface area contributed by atoms with E-state index in [2.05, 4.69) is 16.9 Å². The van der Waals surface area contributed by atoms with E-state index in [4.69, 9.17) is 0 Å². The zero-order chi connectivity index (χ0) is 9.97. The maximum absolute atomic E-state index is 11.5. The van der Waals surface area contributed by atoms with Crippen molar-refractivity contribution in [3.63, 3.8) is 0 Å². The summed E-state index contributed by atoms with van der Waals surface area (Å²) in [5.74, 6) is 0.0815. The van der Waals surface area contributed by atoms with Gasteiger partial charge in [-0.25, -0.2) is 5.43 Å². The van der Waals surface area contributed by atoms with Gasteiger partial charge < -0.3 is 0 Å². The van der Waals surface area contributed by atoms with Crippen molar-refractivity contribution in [3.8, 4) is 0 Å². The lowest BCUT2D eigenvalue weighted by Gasteiger charge is -2.23. The van der Waals surface area contributed by atoms with Crippen LogP contribution < -0.4 is 10.9 Å². The second-order valence-electron chi connectivity index (χ2n) is 3.67. The average molecular weight is 190 g/mol. The van der Waals surface area contributed by atoms with E-state index in [0.717, 1.165) is 18.5 Å². The van der Waals surface area contributed by atoms with E-state index in [1.807, 2.05) is 25.1 Å². The fourth-order valence-electron chi connectivity index (χ4n) is 1.79. The molecule has 1 heterocycles. The molecule has 74 valence electrons. The van der Waals surface area contributed by atoms with Crippen molar-refractivity contribution in [3.05, 3.63) is 35.4 Å². The van der Waals surface area contributed by atoms with Gasteiger partial charge in [0.15, 0.2) is 0 Å². The molecular weight excluding hydrogens is 176 g/mol. The number of carbonyl (C=O) groups is 1. The predicted octanol–water partition coefficient (Wildman–Crippen LogP) is 1.10. The summed E-state index contributed by atoms with van der Waals surface area (Å²) >= 11 is 0. The number of carbonyl (C=O) groups excluding carboxylic acids is 1. The van der Waals surface area contributed by atoms with E-state index in [-0.39, 0.29) is 11.8 Å². The fourth-order valence-corrected chi connectivity index (χ4v) is 1.79.